The number of hydrogen-bond acceptors (Lipinski definition) is 8. The number of hydrogen-bond donors (Lipinski definition) is 1. The van der Waals surface area contributed by atoms with Crippen LogP contribution < -0.4 is 5.32 Å². The van der Waals surface area contributed by atoms with Crippen molar-refractivity contribution in [2.75, 3.05) is 31.2 Å². The summed E-state index contributed by atoms with van der Waals surface area (Å²) in [5, 5.41) is 2.03. The van der Waals surface area contributed by atoms with E-state index in [1.54, 1.807) is 6.92 Å². The maximum absolute atomic E-state index is 12.8. The van der Waals surface area contributed by atoms with E-state index in [1.807, 2.05) is 0 Å². The van der Waals surface area contributed by atoms with Crippen molar-refractivity contribution in [1.82, 2.24) is 9.62 Å². The SMILES string of the molecule is CCOC(=O)c1ccc(S(=O)(=O)N2CCCC2C(=O)NCCS(=O)(=O)CC)o1. The first-order chi connectivity index (χ1) is 13.1. The molecule has 1 fully saturated rings. The number of esters is 1. The number of rotatable bonds is 9. The van der Waals surface area contributed by atoms with Crippen molar-refractivity contribution >= 4 is 31.7 Å². The molecule has 1 unspecified atom stereocenters. The number of carbonyl (C=O) groups excluding carboxylic acids is 2. The molecule has 1 amide bonds. The third-order valence-corrected chi connectivity index (χ3v) is 7.77. The van der Waals surface area contributed by atoms with Crippen LogP contribution in [0.1, 0.15) is 37.2 Å². The Morgan fingerprint density at radius 3 is 2.61 bits per heavy atom. The number of amides is 1. The van der Waals surface area contributed by atoms with Crippen molar-refractivity contribution in [3.8, 4) is 0 Å². The largest absolute Gasteiger partial charge is 0.460 e. The summed E-state index contributed by atoms with van der Waals surface area (Å²) < 4.78 is 59.6. The quantitative estimate of drug-likeness (QED) is 0.540. The number of furan rings is 1. The molecule has 0 saturated carbocycles. The van der Waals surface area contributed by atoms with Crippen molar-refractivity contribution in [3.63, 3.8) is 0 Å². The van der Waals surface area contributed by atoms with Crippen LogP contribution in [-0.2, 0) is 29.4 Å². The molecule has 158 valence electrons. The standard InChI is InChI=1S/C16H24N2O8S2/c1-3-25-16(20)13-7-8-14(26-13)28(23,24)18-10-5-6-12(18)15(19)17-9-11-27(21,22)4-2/h7-8,12H,3-6,9-11H2,1-2H3,(H,17,19). The van der Waals surface area contributed by atoms with E-state index in [4.69, 9.17) is 9.15 Å². The molecule has 0 aromatic carbocycles. The highest BCUT2D eigenvalue weighted by molar-refractivity contribution is 7.91. The Morgan fingerprint density at radius 1 is 1.25 bits per heavy atom. The number of carbonyl (C=O) groups is 2. The highest BCUT2D eigenvalue weighted by Crippen LogP contribution is 2.27. The van der Waals surface area contributed by atoms with Crippen LogP contribution >= 0.6 is 0 Å². The van der Waals surface area contributed by atoms with Crippen LogP contribution in [-0.4, -0.2) is 70.3 Å². The van der Waals surface area contributed by atoms with Crippen LogP contribution in [0.2, 0.25) is 0 Å². The van der Waals surface area contributed by atoms with Crippen LogP contribution in [0.25, 0.3) is 0 Å². The first kappa shape index (κ1) is 22.4. The molecule has 12 heteroatoms. The molecule has 28 heavy (non-hydrogen) atoms. The molecule has 1 aliphatic rings. The van der Waals surface area contributed by atoms with Gasteiger partial charge >= 0.3 is 5.97 Å². The molecule has 0 spiro atoms. The number of sulfonamides is 1. The van der Waals surface area contributed by atoms with E-state index < -0.39 is 42.9 Å². The molecule has 2 rings (SSSR count). The van der Waals surface area contributed by atoms with Crippen LogP contribution in [0.3, 0.4) is 0 Å². The van der Waals surface area contributed by atoms with Crippen molar-refractivity contribution in [2.24, 2.45) is 0 Å². The fraction of sp³-hybridized carbons (Fsp3) is 0.625. The molecule has 1 aromatic heterocycles. The molecule has 10 nitrogen and oxygen atoms in total. The number of ether oxygens (including phenoxy) is 1. The minimum Gasteiger partial charge on any atom is -0.460 e. The van der Waals surface area contributed by atoms with Crippen molar-refractivity contribution < 1.29 is 35.6 Å². The smallest absolute Gasteiger partial charge is 0.374 e. The van der Waals surface area contributed by atoms with Crippen molar-refractivity contribution in [3.05, 3.63) is 17.9 Å². The topological polar surface area (TPSA) is 140 Å². The van der Waals surface area contributed by atoms with Gasteiger partial charge in [0.15, 0.2) is 9.84 Å². The lowest BCUT2D eigenvalue weighted by Gasteiger charge is -2.22. The van der Waals surface area contributed by atoms with Crippen LogP contribution in [0.15, 0.2) is 21.6 Å². The third kappa shape index (κ3) is 5.11. The molecule has 0 radical (unpaired) electrons. The maximum atomic E-state index is 12.8. The minimum atomic E-state index is -4.14. The fourth-order valence-corrected chi connectivity index (χ4v) is 5.04. The number of nitrogens with zero attached hydrogens (tertiary/aromatic N) is 1. The zero-order valence-electron chi connectivity index (χ0n) is 15.7. The molecule has 1 saturated heterocycles. The fourth-order valence-electron chi connectivity index (χ4n) is 2.77. The van der Waals surface area contributed by atoms with Gasteiger partial charge in [0.25, 0.3) is 10.0 Å². The van der Waals surface area contributed by atoms with Gasteiger partial charge in [-0.15, -0.1) is 0 Å². The number of nitrogens with one attached hydrogen (secondary N) is 1. The van der Waals surface area contributed by atoms with Gasteiger partial charge < -0.3 is 14.5 Å². The van der Waals surface area contributed by atoms with Gasteiger partial charge in [-0.1, -0.05) is 6.92 Å². The predicted molar refractivity (Wildman–Crippen MR) is 98.9 cm³/mol. The summed E-state index contributed by atoms with van der Waals surface area (Å²) in [4.78, 5) is 24.1. The summed E-state index contributed by atoms with van der Waals surface area (Å²) in [5.41, 5.74) is 0. The molecule has 1 aromatic rings. The first-order valence-electron chi connectivity index (χ1n) is 8.89. The first-order valence-corrected chi connectivity index (χ1v) is 12.2. The normalized spacial score (nSPS) is 18.1. The molecule has 1 aliphatic heterocycles. The Bertz CT molecular complexity index is 920. The lowest BCUT2D eigenvalue weighted by atomic mass is 10.2. The van der Waals surface area contributed by atoms with E-state index in [1.165, 1.54) is 13.0 Å². The minimum absolute atomic E-state index is 0.0336. The summed E-state index contributed by atoms with van der Waals surface area (Å²) in [6.45, 7) is 3.26. The van der Waals surface area contributed by atoms with Crippen molar-refractivity contribution in [1.29, 1.82) is 0 Å². The average Bonchev–Trinajstić information content (AvgIpc) is 3.32. The Hall–Kier alpha value is -1.92. The highest BCUT2D eigenvalue weighted by Gasteiger charge is 2.41. The Kier molecular flexibility index (Phi) is 7.23. The van der Waals surface area contributed by atoms with Gasteiger partial charge in [0.05, 0.1) is 12.4 Å². The second-order valence-electron chi connectivity index (χ2n) is 6.14. The van der Waals surface area contributed by atoms with E-state index in [0.717, 1.165) is 10.4 Å². The lowest BCUT2D eigenvalue weighted by Crippen LogP contribution is -2.46. The van der Waals surface area contributed by atoms with Gasteiger partial charge in [-0.3, -0.25) is 4.79 Å². The number of sulfone groups is 1. The van der Waals surface area contributed by atoms with E-state index in [2.05, 4.69) is 5.32 Å². The summed E-state index contributed by atoms with van der Waals surface area (Å²) >= 11 is 0. The average molecular weight is 437 g/mol. The molecule has 1 N–H and O–H groups in total. The van der Waals surface area contributed by atoms with Gasteiger partial charge in [0, 0.05) is 18.8 Å². The Morgan fingerprint density at radius 2 is 1.96 bits per heavy atom. The predicted octanol–water partition coefficient (Wildman–Crippen LogP) is 0.160. The molecular formula is C16H24N2O8S2. The second kappa shape index (κ2) is 9.05. The molecule has 2 heterocycles. The van der Waals surface area contributed by atoms with E-state index in [0.29, 0.717) is 12.8 Å². The van der Waals surface area contributed by atoms with Gasteiger partial charge in [0.2, 0.25) is 16.8 Å². The lowest BCUT2D eigenvalue weighted by molar-refractivity contribution is -0.124. The van der Waals surface area contributed by atoms with Crippen molar-refractivity contribution in [2.45, 2.75) is 37.8 Å². The van der Waals surface area contributed by atoms with Gasteiger partial charge in [-0.2, -0.15) is 4.31 Å². The molecule has 0 bridgehead atoms. The van der Waals surface area contributed by atoms with Crippen LogP contribution in [0.4, 0.5) is 0 Å². The zero-order chi connectivity index (χ0) is 20.9. The van der Waals surface area contributed by atoms with Gasteiger partial charge in [-0.25, -0.2) is 21.6 Å². The van der Waals surface area contributed by atoms with Gasteiger partial charge in [-0.05, 0) is 31.9 Å². The third-order valence-electron chi connectivity index (χ3n) is 4.28. The van der Waals surface area contributed by atoms with Gasteiger partial charge in [0.1, 0.15) is 6.04 Å². The van der Waals surface area contributed by atoms with Crippen LogP contribution in [0, 0.1) is 0 Å². The monoisotopic (exact) mass is 436 g/mol. The highest BCUT2D eigenvalue weighted by atomic mass is 32.2. The zero-order valence-corrected chi connectivity index (χ0v) is 17.3. The summed E-state index contributed by atoms with van der Waals surface area (Å²) in [6, 6.07) is 1.37. The summed E-state index contributed by atoms with van der Waals surface area (Å²) in [5.74, 6) is -1.84. The second-order valence-corrected chi connectivity index (χ2v) is 10.4. The van der Waals surface area contributed by atoms with Crippen LogP contribution in [0.5, 0.6) is 0 Å². The molecular weight excluding hydrogens is 412 g/mol. The van der Waals surface area contributed by atoms with E-state index >= 15 is 0 Å². The summed E-state index contributed by atoms with van der Waals surface area (Å²) in [7, 11) is -7.38. The molecule has 1 atom stereocenters. The molecule has 0 aliphatic carbocycles. The Labute approximate surface area is 164 Å². The maximum Gasteiger partial charge on any atom is 0.374 e. The van der Waals surface area contributed by atoms with E-state index in [9.17, 15) is 26.4 Å². The summed E-state index contributed by atoms with van der Waals surface area (Å²) in [6.07, 6.45) is 0.771. The Balaban J connectivity index is 2.10. The van der Waals surface area contributed by atoms with E-state index in [-0.39, 0.29) is 37.0 Å².